The Balaban J connectivity index is 1.58. The number of nitrogens with zero attached hydrogens (tertiary/aromatic N) is 2. The van der Waals surface area contributed by atoms with Crippen LogP contribution in [0.4, 0.5) is 4.79 Å². The largest absolute Gasteiger partial charge is 0.444 e. The van der Waals surface area contributed by atoms with Crippen molar-refractivity contribution in [1.29, 1.82) is 0 Å². The minimum Gasteiger partial charge on any atom is -0.444 e. The van der Waals surface area contributed by atoms with Crippen molar-refractivity contribution in [2.75, 3.05) is 26.2 Å². The van der Waals surface area contributed by atoms with Crippen molar-refractivity contribution in [3.05, 3.63) is 34.9 Å². The third kappa shape index (κ3) is 6.69. The number of hydrogen-bond donors (Lipinski definition) is 1. The Labute approximate surface area is 214 Å². The van der Waals surface area contributed by atoms with E-state index in [1.165, 1.54) is 10.5 Å². The molecule has 0 bridgehead atoms. The fourth-order valence-corrected chi connectivity index (χ4v) is 5.09. The Hall–Kier alpha value is -2.28. The number of amides is 3. The van der Waals surface area contributed by atoms with E-state index in [0.29, 0.717) is 32.1 Å². The van der Waals surface area contributed by atoms with Gasteiger partial charge in [0.15, 0.2) is 0 Å². The molecule has 3 rings (SSSR count). The molecule has 2 saturated heterocycles. The van der Waals surface area contributed by atoms with Crippen LogP contribution >= 0.6 is 11.6 Å². The van der Waals surface area contributed by atoms with E-state index >= 15 is 0 Å². The lowest BCUT2D eigenvalue weighted by molar-refractivity contribution is -0.142. The first-order valence-electron chi connectivity index (χ1n) is 12.5. The Morgan fingerprint density at radius 2 is 1.69 bits per heavy atom. The van der Waals surface area contributed by atoms with Crippen molar-refractivity contribution < 1.29 is 19.1 Å². The standard InChI is InChI=1S/C27H40ClN3O4/c1-17(2)22(29-23(32)19-14-31(15-19)25(34)35-26(3,4)5)24(33)30-13-12-21(27(6,7)16-30)18-8-10-20(28)11-9-18/h8-11,17,19,21-22H,12-16H2,1-7H3,(H,29,32)/t21?,22-/m1/s1. The fourth-order valence-electron chi connectivity index (χ4n) is 4.96. The Kier molecular flexibility index (Phi) is 8.09. The lowest BCUT2D eigenvalue weighted by atomic mass is 9.70. The van der Waals surface area contributed by atoms with E-state index in [0.717, 1.165) is 11.4 Å². The number of nitrogens with one attached hydrogen (secondary N) is 1. The van der Waals surface area contributed by atoms with Gasteiger partial charge in [0.05, 0.1) is 5.92 Å². The maximum atomic E-state index is 13.5. The number of carbonyl (C=O) groups excluding carboxylic acids is 3. The highest BCUT2D eigenvalue weighted by Crippen LogP contribution is 2.42. The molecule has 0 aromatic heterocycles. The third-order valence-electron chi connectivity index (χ3n) is 6.95. The zero-order valence-corrected chi connectivity index (χ0v) is 22.8. The van der Waals surface area contributed by atoms with E-state index in [1.54, 1.807) is 0 Å². The summed E-state index contributed by atoms with van der Waals surface area (Å²) in [5, 5.41) is 3.69. The molecule has 7 nitrogen and oxygen atoms in total. The average Bonchev–Trinajstić information content (AvgIpc) is 2.69. The number of rotatable bonds is 5. The van der Waals surface area contributed by atoms with Crippen molar-refractivity contribution >= 4 is 29.5 Å². The fraction of sp³-hybridized carbons (Fsp3) is 0.667. The molecule has 35 heavy (non-hydrogen) atoms. The molecular formula is C27H40ClN3O4. The number of ether oxygens (including phenoxy) is 1. The van der Waals surface area contributed by atoms with Crippen LogP contribution in [0.1, 0.15) is 66.4 Å². The first-order chi connectivity index (χ1) is 16.2. The van der Waals surface area contributed by atoms with Crippen molar-refractivity contribution in [3.63, 3.8) is 0 Å². The number of hydrogen-bond acceptors (Lipinski definition) is 4. The van der Waals surface area contributed by atoms with E-state index < -0.39 is 17.7 Å². The maximum Gasteiger partial charge on any atom is 0.410 e. The molecule has 8 heteroatoms. The lowest BCUT2D eigenvalue weighted by Crippen LogP contribution is -2.61. The van der Waals surface area contributed by atoms with Gasteiger partial charge in [-0.2, -0.15) is 0 Å². The van der Waals surface area contributed by atoms with Gasteiger partial charge in [0, 0.05) is 31.2 Å². The van der Waals surface area contributed by atoms with E-state index in [-0.39, 0.29) is 29.1 Å². The summed E-state index contributed by atoms with van der Waals surface area (Å²) >= 11 is 6.07. The Morgan fingerprint density at radius 1 is 1.09 bits per heavy atom. The molecule has 1 N–H and O–H groups in total. The molecule has 0 aliphatic carbocycles. The highest BCUT2D eigenvalue weighted by Gasteiger charge is 2.42. The molecule has 0 spiro atoms. The molecule has 0 radical (unpaired) electrons. The summed E-state index contributed by atoms with van der Waals surface area (Å²) in [7, 11) is 0. The van der Waals surface area contributed by atoms with Gasteiger partial charge in [-0.15, -0.1) is 0 Å². The molecule has 2 aliphatic rings. The summed E-state index contributed by atoms with van der Waals surface area (Å²) < 4.78 is 5.36. The zero-order chi connectivity index (χ0) is 26.1. The predicted octanol–water partition coefficient (Wildman–Crippen LogP) is 4.69. The number of benzene rings is 1. The van der Waals surface area contributed by atoms with Gasteiger partial charge in [-0.05, 0) is 62.1 Å². The summed E-state index contributed by atoms with van der Waals surface area (Å²) in [6, 6.07) is 7.38. The van der Waals surface area contributed by atoms with Crippen LogP contribution in [0.15, 0.2) is 24.3 Å². The Bertz CT molecular complexity index is 933. The van der Waals surface area contributed by atoms with Gasteiger partial charge in [-0.25, -0.2) is 4.79 Å². The summed E-state index contributed by atoms with van der Waals surface area (Å²) in [6.07, 6.45) is 0.441. The molecule has 1 aromatic rings. The lowest BCUT2D eigenvalue weighted by Gasteiger charge is -2.46. The summed E-state index contributed by atoms with van der Waals surface area (Å²) in [5.74, 6) is -0.287. The highest BCUT2D eigenvalue weighted by atomic mass is 35.5. The second-order valence-electron chi connectivity index (χ2n) is 12.0. The second kappa shape index (κ2) is 10.4. The van der Waals surface area contributed by atoms with Crippen LogP contribution in [-0.4, -0.2) is 65.5 Å². The molecule has 2 fully saturated rings. The van der Waals surface area contributed by atoms with Crippen LogP contribution in [0, 0.1) is 17.3 Å². The van der Waals surface area contributed by atoms with Gasteiger partial charge < -0.3 is 19.9 Å². The first-order valence-corrected chi connectivity index (χ1v) is 12.9. The minimum absolute atomic E-state index is 0.0423. The van der Waals surface area contributed by atoms with Crippen molar-refractivity contribution in [3.8, 4) is 0 Å². The molecule has 194 valence electrons. The van der Waals surface area contributed by atoms with E-state index in [4.69, 9.17) is 16.3 Å². The van der Waals surface area contributed by atoms with Crippen molar-refractivity contribution in [1.82, 2.24) is 15.1 Å². The van der Waals surface area contributed by atoms with Crippen molar-refractivity contribution in [2.24, 2.45) is 17.3 Å². The number of carbonyl (C=O) groups is 3. The highest BCUT2D eigenvalue weighted by molar-refractivity contribution is 6.30. The summed E-state index contributed by atoms with van der Waals surface area (Å²) in [6.45, 7) is 15.6. The molecular weight excluding hydrogens is 466 g/mol. The smallest absolute Gasteiger partial charge is 0.410 e. The van der Waals surface area contributed by atoms with Crippen LogP contribution in [-0.2, 0) is 14.3 Å². The van der Waals surface area contributed by atoms with Crippen LogP contribution in [0.3, 0.4) is 0 Å². The molecule has 2 heterocycles. The van der Waals surface area contributed by atoms with Gasteiger partial charge in [0.1, 0.15) is 11.6 Å². The molecule has 1 aromatic carbocycles. The monoisotopic (exact) mass is 505 g/mol. The number of halogens is 1. The van der Waals surface area contributed by atoms with E-state index in [1.807, 2.05) is 51.7 Å². The average molecular weight is 506 g/mol. The van der Waals surface area contributed by atoms with Crippen molar-refractivity contribution in [2.45, 2.75) is 72.4 Å². The normalized spacial score (nSPS) is 21.3. The molecule has 2 aliphatic heterocycles. The number of likely N-dealkylation sites (tertiary alicyclic amines) is 2. The van der Waals surface area contributed by atoms with Gasteiger partial charge in [0.25, 0.3) is 0 Å². The SMILES string of the molecule is CC(C)[C@@H](NC(=O)C1CN(C(=O)OC(C)(C)C)C1)C(=O)N1CCC(c2ccc(Cl)cc2)C(C)(C)C1. The summed E-state index contributed by atoms with van der Waals surface area (Å²) in [4.78, 5) is 42.0. The number of piperidine rings is 1. The van der Waals surface area contributed by atoms with E-state index in [2.05, 4.69) is 31.3 Å². The van der Waals surface area contributed by atoms with Crippen LogP contribution in [0.2, 0.25) is 5.02 Å². The molecule has 0 saturated carbocycles. The minimum atomic E-state index is -0.596. The van der Waals surface area contributed by atoms with E-state index in [9.17, 15) is 14.4 Å². The third-order valence-corrected chi connectivity index (χ3v) is 7.20. The van der Waals surface area contributed by atoms with Gasteiger partial charge >= 0.3 is 6.09 Å². The molecule has 3 amide bonds. The zero-order valence-electron chi connectivity index (χ0n) is 22.1. The van der Waals surface area contributed by atoms with Gasteiger partial charge in [-0.1, -0.05) is 51.4 Å². The second-order valence-corrected chi connectivity index (χ2v) is 12.4. The van der Waals surface area contributed by atoms with Crippen LogP contribution in [0.25, 0.3) is 0 Å². The van der Waals surface area contributed by atoms with Crippen LogP contribution in [0.5, 0.6) is 0 Å². The van der Waals surface area contributed by atoms with Gasteiger partial charge in [0.2, 0.25) is 11.8 Å². The quantitative estimate of drug-likeness (QED) is 0.629. The first kappa shape index (κ1) is 27.3. The molecule has 1 unspecified atom stereocenters. The Morgan fingerprint density at radius 3 is 2.20 bits per heavy atom. The maximum absolute atomic E-state index is 13.5. The van der Waals surface area contributed by atoms with Crippen LogP contribution < -0.4 is 5.32 Å². The molecule has 2 atom stereocenters. The van der Waals surface area contributed by atoms with Gasteiger partial charge in [-0.3, -0.25) is 9.59 Å². The summed E-state index contributed by atoms with van der Waals surface area (Å²) in [5.41, 5.74) is 0.545. The topological polar surface area (TPSA) is 79.0 Å². The predicted molar refractivity (Wildman–Crippen MR) is 137 cm³/mol.